The minimum Gasteiger partial charge on any atom is -0.454 e. The van der Waals surface area contributed by atoms with Crippen LogP contribution in [0.3, 0.4) is 0 Å². The monoisotopic (exact) mass is 412 g/mol. The summed E-state index contributed by atoms with van der Waals surface area (Å²) in [5, 5.41) is 17.2. The maximum atomic E-state index is 12.6. The first kappa shape index (κ1) is 20.8. The van der Waals surface area contributed by atoms with E-state index < -0.39 is 22.8 Å². The van der Waals surface area contributed by atoms with Gasteiger partial charge in [-0.1, -0.05) is 13.8 Å². The summed E-state index contributed by atoms with van der Waals surface area (Å²) in [5.41, 5.74) is 3.26. The number of rotatable bonds is 7. The molecule has 2 amide bonds. The average Bonchev–Trinajstić information content (AvgIpc) is 3.19. The number of carbonyl (C=O) groups excluding carboxylic acids is 2. The number of ether oxygens (including phenoxy) is 2. The number of amides is 2. The van der Waals surface area contributed by atoms with Crippen molar-refractivity contribution in [3.8, 4) is 11.5 Å². The Morgan fingerprint density at radius 3 is 2.50 bits per heavy atom. The molecule has 2 aromatic carbocycles. The quantitative estimate of drug-likeness (QED) is 0.407. The van der Waals surface area contributed by atoms with Gasteiger partial charge >= 0.3 is 0 Å². The van der Waals surface area contributed by atoms with Crippen LogP contribution in [-0.4, -0.2) is 35.8 Å². The van der Waals surface area contributed by atoms with Gasteiger partial charge in [0.15, 0.2) is 11.5 Å². The number of nitrogens with zero attached hydrogens (tertiary/aromatic N) is 2. The molecule has 1 heterocycles. The van der Waals surface area contributed by atoms with Crippen molar-refractivity contribution < 1.29 is 24.0 Å². The van der Waals surface area contributed by atoms with Crippen LogP contribution in [-0.2, 0) is 4.79 Å². The first-order valence-electron chi connectivity index (χ1n) is 9.13. The van der Waals surface area contributed by atoms with Gasteiger partial charge in [-0.15, -0.1) is 0 Å². The van der Waals surface area contributed by atoms with Gasteiger partial charge in [0.2, 0.25) is 6.79 Å². The lowest BCUT2D eigenvalue weighted by Crippen LogP contribution is -2.48. The maximum absolute atomic E-state index is 12.6. The van der Waals surface area contributed by atoms with Gasteiger partial charge in [0.1, 0.15) is 6.04 Å². The van der Waals surface area contributed by atoms with E-state index in [1.165, 1.54) is 30.5 Å². The Morgan fingerprint density at radius 2 is 1.83 bits per heavy atom. The number of nitrogens with one attached hydrogen (secondary N) is 2. The highest BCUT2D eigenvalue weighted by atomic mass is 16.7. The minimum atomic E-state index is -0.822. The van der Waals surface area contributed by atoms with E-state index in [4.69, 9.17) is 9.47 Å². The summed E-state index contributed by atoms with van der Waals surface area (Å²) in [6.45, 7) is 3.69. The Bertz CT molecular complexity index is 987. The molecule has 1 unspecified atom stereocenters. The molecule has 1 atom stereocenters. The third kappa shape index (κ3) is 4.90. The van der Waals surface area contributed by atoms with E-state index in [0.29, 0.717) is 22.6 Å². The molecule has 156 valence electrons. The van der Waals surface area contributed by atoms with Crippen molar-refractivity contribution in [2.75, 3.05) is 6.79 Å². The first-order chi connectivity index (χ1) is 14.3. The van der Waals surface area contributed by atoms with Crippen molar-refractivity contribution in [1.29, 1.82) is 0 Å². The van der Waals surface area contributed by atoms with Gasteiger partial charge in [-0.3, -0.25) is 19.7 Å². The molecular weight excluding hydrogens is 392 g/mol. The van der Waals surface area contributed by atoms with E-state index in [1.807, 2.05) is 0 Å². The van der Waals surface area contributed by atoms with Gasteiger partial charge in [0.05, 0.1) is 11.1 Å². The Labute approximate surface area is 172 Å². The van der Waals surface area contributed by atoms with Crippen LogP contribution in [0, 0.1) is 16.0 Å². The number of benzene rings is 2. The molecule has 0 saturated carbocycles. The van der Waals surface area contributed by atoms with Crippen molar-refractivity contribution in [1.82, 2.24) is 10.7 Å². The van der Waals surface area contributed by atoms with Crippen LogP contribution in [0.4, 0.5) is 5.69 Å². The predicted molar refractivity (Wildman–Crippen MR) is 107 cm³/mol. The molecule has 2 aromatic rings. The number of hydrazone groups is 1. The van der Waals surface area contributed by atoms with Crippen LogP contribution in [0.1, 0.15) is 29.8 Å². The van der Waals surface area contributed by atoms with E-state index in [-0.39, 0.29) is 18.4 Å². The smallest absolute Gasteiger partial charge is 0.269 e. The summed E-state index contributed by atoms with van der Waals surface area (Å²) >= 11 is 0. The molecule has 0 aromatic heterocycles. The van der Waals surface area contributed by atoms with Gasteiger partial charge in [-0.25, -0.2) is 5.43 Å². The molecule has 0 bridgehead atoms. The number of non-ortho nitro benzene ring substituents is 1. The largest absolute Gasteiger partial charge is 0.454 e. The number of nitro benzene ring substituents is 1. The fourth-order valence-electron chi connectivity index (χ4n) is 2.72. The molecular formula is C20H20N4O6. The van der Waals surface area contributed by atoms with Crippen LogP contribution in [0.2, 0.25) is 0 Å². The van der Waals surface area contributed by atoms with E-state index in [0.717, 1.165) is 0 Å². The molecule has 10 nitrogen and oxygen atoms in total. The Balaban J connectivity index is 1.61. The highest BCUT2D eigenvalue weighted by Crippen LogP contribution is 2.32. The predicted octanol–water partition coefficient (Wildman–Crippen LogP) is 2.23. The average molecular weight is 412 g/mol. The molecule has 30 heavy (non-hydrogen) atoms. The summed E-state index contributed by atoms with van der Waals surface area (Å²) in [7, 11) is 0. The van der Waals surface area contributed by atoms with Gasteiger partial charge < -0.3 is 14.8 Å². The molecule has 1 aliphatic heterocycles. The van der Waals surface area contributed by atoms with E-state index in [9.17, 15) is 19.7 Å². The van der Waals surface area contributed by atoms with Crippen LogP contribution in [0.5, 0.6) is 11.5 Å². The van der Waals surface area contributed by atoms with E-state index in [2.05, 4.69) is 15.8 Å². The summed E-state index contributed by atoms with van der Waals surface area (Å²) in [4.78, 5) is 35.2. The molecule has 3 rings (SSSR count). The summed E-state index contributed by atoms with van der Waals surface area (Å²) in [6.07, 6.45) is 1.36. The normalized spacial score (nSPS) is 13.3. The molecule has 2 N–H and O–H groups in total. The summed E-state index contributed by atoms with van der Waals surface area (Å²) < 4.78 is 10.5. The lowest BCUT2D eigenvalue weighted by molar-refractivity contribution is -0.384. The molecule has 0 saturated heterocycles. The van der Waals surface area contributed by atoms with Gasteiger partial charge in [-0.2, -0.15) is 5.10 Å². The zero-order valence-electron chi connectivity index (χ0n) is 16.3. The van der Waals surface area contributed by atoms with Crippen molar-refractivity contribution in [2.24, 2.45) is 11.0 Å². The third-order valence-corrected chi connectivity index (χ3v) is 4.36. The standard InChI is InChI=1S/C20H20N4O6/c1-12(2)18(22-19(25)14-5-8-16-17(9-14)30-11-29-16)20(26)23-21-10-13-3-6-15(7-4-13)24(27)28/h3-10,12,18H,11H2,1-2H3,(H,22,25)(H,23,26). The van der Waals surface area contributed by atoms with Gasteiger partial charge in [-0.05, 0) is 41.8 Å². The third-order valence-electron chi connectivity index (χ3n) is 4.36. The number of carbonyl (C=O) groups is 2. The van der Waals surface area contributed by atoms with Crippen molar-refractivity contribution in [2.45, 2.75) is 19.9 Å². The van der Waals surface area contributed by atoms with Crippen molar-refractivity contribution in [3.63, 3.8) is 0 Å². The number of fused-ring (bicyclic) bond motifs is 1. The highest BCUT2D eigenvalue weighted by molar-refractivity contribution is 5.98. The lowest BCUT2D eigenvalue weighted by Gasteiger charge is -2.20. The second-order valence-corrected chi connectivity index (χ2v) is 6.85. The summed E-state index contributed by atoms with van der Waals surface area (Å²) in [5.74, 6) is -0.0810. The van der Waals surface area contributed by atoms with Crippen LogP contribution in [0.25, 0.3) is 0 Å². The maximum Gasteiger partial charge on any atom is 0.269 e. The zero-order valence-corrected chi connectivity index (χ0v) is 16.3. The number of hydrogen-bond acceptors (Lipinski definition) is 7. The Hall–Kier alpha value is -3.95. The van der Waals surface area contributed by atoms with Gasteiger partial charge in [0, 0.05) is 17.7 Å². The minimum absolute atomic E-state index is 0.0395. The fraction of sp³-hybridized carbons (Fsp3) is 0.250. The highest BCUT2D eigenvalue weighted by Gasteiger charge is 2.25. The molecule has 0 fully saturated rings. The molecule has 10 heteroatoms. The first-order valence-corrected chi connectivity index (χ1v) is 9.13. The molecule has 1 aliphatic rings. The molecule has 0 aliphatic carbocycles. The second-order valence-electron chi connectivity index (χ2n) is 6.85. The SMILES string of the molecule is CC(C)C(NC(=O)c1ccc2c(c1)OCO2)C(=O)NN=Cc1ccc([N+](=O)[O-])cc1. The number of hydrogen-bond donors (Lipinski definition) is 2. The fourth-order valence-corrected chi connectivity index (χ4v) is 2.72. The number of nitro groups is 1. The second kappa shape index (κ2) is 9.03. The van der Waals surface area contributed by atoms with Gasteiger partial charge in [0.25, 0.3) is 17.5 Å². The Morgan fingerprint density at radius 1 is 1.13 bits per heavy atom. The van der Waals surface area contributed by atoms with Crippen LogP contribution < -0.4 is 20.2 Å². The Kier molecular flexibility index (Phi) is 6.26. The summed E-state index contributed by atoms with van der Waals surface area (Å²) in [6, 6.07) is 9.65. The van der Waals surface area contributed by atoms with Crippen LogP contribution in [0.15, 0.2) is 47.6 Å². The van der Waals surface area contributed by atoms with E-state index >= 15 is 0 Å². The zero-order chi connectivity index (χ0) is 21.7. The molecule has 0 spiro atoms. The molecule has 0 radical (unpaired) electrons. The van der Waals surface area contributed by atoms with Crippen molar-refractivity contribution >= 4 is 23.7 Å². The van der Waals surface area contributed by atoms with Crippen LogP contribution >= 0.6 is 0 Å². The topological polar surface area (TPSA) is 132 Å². The van der Waals surface area contributed by atoms with E-state index in [1.54, 1.807) is 32.0 Å². The lowest BCUT2D eigenvalue weighted by atomic mass is 10.0. The van der Waals surface area contributed by atoms with Crippen molar-refractivity contribution in [3.05, 3.63) is 63.7 Å².